The van der Waals surface area contributed by atoms with Crippen LogP contribution in [0.1, 0.15) is 50.2 Å². The second kappa shape index (κ2) is 9.12. The van der Waals surface area contributed by atoms with Crippen molar-refractivity contribution in [2.24, 2.45) is 11.3 Å². The standard InChI is InChI=1S/C24H28N4O3/c1-16(24(2,3)4)14-20(29)25-26-22(30)21-18-12-8-9-13-19(18)23(31)28(27-21)15-17-10-6-5-7-11-17/h5-13,16H,14-15H2,1-4H3,(H,25,29)(H,26,30). The van der Waals surface area contributed by atoms with Gasteiger partial charge in [-0.1, -0.05) is 76.2 Å². The van der Waals surface area contributed by atoms with Crippen molar-refractivity contribution in [2.45, 2.75) is 40.7 Å². The van der Waals surface area contributed by atoms with E-state index in [1.54, 1.807) is 24.3 Å². The quantitative estimate of drug-likeness (QED) is 0.620. The molecule has 3 aromatic rings. The maximum Gasteiger partial charge on any atom is 0.290 e. The number of hydrazine groups is 1. The molecule has 0 fully saturated rings. The van der Waals surface area contributed by atoms with Crippen LogP contribution in [-0.2, 0) is 11.3 Å². The van der Waals surface area contributed by atoms with Gasteiger partial charge in [0.15, 0.2) is 5.69 Å². The number of aromatic nitrogens is 2. The fraction of sp³-hybridized carbons (Fsp3) is 0.333. The van der Waals surface area contributed by atoms with Gasteiger partial charge in [0, 0.05) is 11.8 Å². The first-order valence-corrected chi connectivity index (χ1v) is 10.3. The molecule has 31 heavy (non-hydrogen) atoms. The third-order valence-corrected chi connectivity index (χ3v) is 5.54. The molecular weight excluding hydrogens is 392 g/mol. The molecule has 1 aromatic heterocycles. The lowest BCUT2D eigenvalue weighted by molar-refractivity contribution is -0.123. The summed E-state index contributed by atoms with van der Waals surface area (Å²) in [4.78, 5) is 38.0. The second-order valence-corrected chi connectivity index (χ2v) is 8.82. The number of rotatable bonds is 5. The van der Waals surface area contributed by atoms with Crippen LogP contribution >= 0.6 is 0 Å². The Morgan fingerprint density at radius 3 is 2.23 bits per heavy atom. The minimum absolute atomic E-state index is 0.0218. The van der Waals surface area contributed by atoms with Crippen molar-refractivity contribution >= 4 is 22.6 Å². The Balaban J connectivity index is 1.85. The van der Waals surface area contributed by atoms with Gasteiger partial charge in [-0.3, -0.25) is 25.2 Å². The third-order valence-electron chi connectivity index (χ3n) is 5.54. The van der Waals surface area contributed by atoms with Crippen LogP contribution < -0.4 is 16.4 Å². The van der Waals surface area contributed by atoms with E-state index in [4.69, 9.17) is 0 Å². The molecule has 3 rings (SSSR count). The van der Waals surface area contributed by atoms with Crippen molar-refractivity contribution in [1.82, 2.24) is 20.6 Å². The number of nitrogens with one attached hydrogen (secondary N) is 2. The average Bonchev–Trinajstić information content (AvgIpc) is 2.74. The van der Waals surface area contributed by atoms with E-state index in [9.17, 15) is 14.4 Å². The van der Waals surface area contributed by atoms with Crippen molar-refractivity contribution in [3.8, 4) is 0 Å². The lowest BCUT2D eigenvalue weighted by Crippen LogP contribution is -2.43. The van der Waals surface area contributed by atoms with Crippen LogP contribution in [0, 0.1) is 11.3 Å². The summed E-state index contributed by atoms with van der Waals surface area (Å²) in [5.41, 5.74) is 5.58. The Morgan fingerprint density at radius 2 is 1.58 bits per heavy atom. The van der Waals surface area contributed by atoms with Crippen molar-refractivity contribution in [3.05, 3.63) is 76.2 Å². The highest BCUT2D eigenvalue weighted by atomic mass is 16.2. The van der Waals surface area contributed by atoms with E-state index in [2.05, 4.69) is 36.7 Å². The number of hydrogen-bond donors (Lipinski definition) is 2. The van der Waals surface area contributed by atoms with E-state index < -0.39 is 5.91 Å². The van der Waals surface area contributed by atoms with Crippen LogP contribution in [0.5, 0.6) is 0 Å². The van der Waals surface area contributed by atoms with Crippen LogP contribution in [0.3, 0.4) is 0 Å². The normalized spacial score (nSPS) is 12.4. The molecule has 2 N–H and O–H groups in total. The monoisotopic (exact) mass is 420 g/mol. The Kier molecular flexibility index (Phi) is 6.53. The van der Waals surface area contributed by atoms with Crippen molar-refractivity contribution in [2.75, 3.05) is 0 Å². The molecular formula is C24H28N4O3. The smallest absolute Gasteiger partial charge is 0.273 e. The van der Waals surface area contributed by atoms with Gasteiger partial charge in [-0.05, 0) is 23.0 Å². The van der Waals surface area contributed by atoms with Crippen molar-refractivity contribution in [1.29, 1.82) is 0 Å². The maximum absolute atomic E-state index is 12.9. The number of carbonyl (C=O) groups is 2. The van der Waals surface area contributed by atoms with E-state index in [0.29, 0.717) is 10.8 Å². The highest BCUT2D eigenvalue weighted by molar-refractivity contribution is 6.05. The summed E-state index contributed by atoms with van der Waals surface area (Å²) in [6, 6.07) is 16.3. The summed E-state index contributed by atoms with van der Waals surface area (Å²) in [7, 11) is 0. The molecule has 0 aliphatic heterocycles. The van der Waals surface area contributed by atoms with Gasteiger partial charge in [-0.2, -0.15) is 5.10 Å². The average molecular weight is 421 g/mol. The van der Waals surface area contributed by atoms with Crippen LogP contribution in [0.4, 0.5) is 0 Å². The molecule has 0 saturated carbocycles. The molecule has 0 bridgehead atoms. The Morgan fingerprint density at radius 1 is 0.968 bits per heavy atom. The zero-order valence-corrected chi connectivity index (χ0v) is 18.3. The molecule has 0 aliphatic rings. The summed E-state index contributed by atoms with van der Waals surface area (Å²) >= 11 is 0. The van der Waals surface area contributed by atoms with Gasteiger partial charge in [0.2, 0.25) is 5.91 Å². The molecule has 1 unspecified atom stereocenters. The summed E-state index contributed by atoms with van der Waals surface area (Å²) < 4.78 is 1.27. The molecule has 2 aromatic carbocycles. The van der Waals surface area contributed by atoms with E-state index in [-0.39, 0.29) is 41.5 Å². The number of amides is 2. The van der Waals surface area contributed by atoms with Gasteiger partial charge >= 0.3 is 0 Å². The Hall–Kier alpha value is -3.48. The third kappa shape index (κ3) is 5.36. The Bertz CT molecular complexity index is 1150. The summed E-state index contributed by atoms with van der Waals surface area (Å²) in [6.45, 7) is 8.43. The highest BCUT2D eigenvalue weighted by Gasteiger charge is 2.23. The SMILES string of the molecule is CC(CC(=O)NNC(=O)c1nn(Cc2ccccc2)c(=O)c2ccccc12)C(C)(C)C. The molecule has 1 heterocycles. The molecule has 162 valence electrons. The van der Waals surface area contributed by atoms with E-state index >= 15 is 0 Å². The fourth-order valence-electron chi connectivity index (χ4n) is 3.09. The zero-order valence-electron chi connectivity index (χ0n) is 18.3. The zero-order chi connectivity index (χ0) is 22.6. The molecule has 0 radical (unpaired) electrons. The topological polar surface area (TPSA) is 93.1 Å². The van der Waals surface area contributed by atoms with Crippen LogP contribution in [0.2, 0.25) is 0 Å². The van der Waals surface area contributed by atoms with Gasteiger partial charge < -0.3 is 0 Å². The molecule has 0 spiro atoms. The number of carbonyl (C=O) groups excluding carboxylic acids is 2. The first-order chi connectivity index (χ1) is 14.7. The predicted molar refractivity (Wildman–Crippen MR) is 120 cm³/mol. The number of fused-ring (bicyclic) bond motifs is 1. The highest BCUT2D eigenvalue weighted by Crippen LogP contribution is 2.27. The number of nitrogens with zero attached hydrogens (tertiary/aromatic N) is 2. The van der Waals surface area contributed by atoms with Crippen molar-refractivity contribution in [3.63, 3.8) is 0 Å². The molecule has 7 nitrogen and oxygen atoms in total. The van der Waals surface area contributed by atoms with Crippen LogP contribution in [0.25, 0.3) is 10.8 Å². The first-order valence-electron chi connectivity index (χ1n) is 10.3. The van der Waals surface area contributed by atoms with Gasteiger partial charge in [0.05, 0.1) is 11.9 Å². The minimum Gasteiger partial charge on any atom is -0.273 e. The molecule has 1 atom stereocenters. The largest absolute Gasteiger partial charge is 0.290 e. The van der Waals surface area contributed by atoms with Crippen LogP contribution in [0.15, 0.2) is 59.4 Å². The molecule has 7 heteroatoms. The van der Waals surface area contributed by atoms with Gasteiger partial charge in [-0.25, -0.2) is 4.68 Å². The Labute approximate surface area is 181 Å². The lowest BCUT2D eigenvalue weighted by atomic mass is 9.80. The first kappa shape index (κ1) is 22.2. The summed E-state index contributed by atoms with van der Waals surface area (Å²) in [6.07, 6.45) is 0.283. The maximum atomic E-state index is 12.9. The van der Waals surface area contributed by atoms with E-state index in [1.165, 1.54) is 4.68 Å². The number of benzene rings is 2. The molecule has 2 amide bonds. The van der Waals surface area contributed by atoms with E-state index in [1.807, 2.05) is 37.3 Å². The predicted octanol–water partition coefficient (Wildman–Crippen LogP) is 3.28. The minimum atomic E-state index is -0.574. The number of hydrogen-bond acceptors (Lipinski definition) is 4. The van der Waals surface area contributed by atoms with Gasteiger partial charge in [0.1, 0.15) is 0 Å². The molecule has 0 saturated heterocycles. The van der Waals surface area contributed by atoms with E-state index in [0.717, 1.165) is 5.56 Å². The molecule has 0 aliphatic carbocycles. The summed E-state index contributed by atoms with van der Waals surface area (Å²) in [5.74, 6) is -0.719. The second-order valence-electron chi connectivity index (χ2n) is 8.82. The van der Waals surface area contributed by atoms with Gasteiger partial charge in [0.25, 0.3) is 11.5 Å². The fourth-order valence-corrected chi connectivity index (χ4v) is 3.09. The van der Waals surface area contributed by atoms with Gasteiger partial charge in [-0.15, -0.1) is 0 Å². The lowest BCUT2D eigenvalue weighted by Gasteiger charge is -2.26. The van der Waals surface area contributed by atoms with Crippen molar-refractivity contribution < 1.29 is 9.59 Å². The van der Waals surface area contributed by atoms with Crippen LogP contribution in [-0.4, -0.2) is 21.6 Å². The summed E-state index contributed by atoms with van der Waals surface area (Å²) in [5, 5.41) is 5.15.